The number of carbonyl (C=O) groups excluding carboxylic acids is 1. The normalized spacial score (nSPS) is 10.4. The topological polar surface area (TPSA) is 68.0 Å². The molecule has 19 heavy (non-hydrogen) atoms. The number of nitrogen functional groups attached to an aromatic ring is 1. The number of hydrogen-bond donors (Lipinski definition) is 2. The number of aromatic nitrogens is 1. The van der Waals surface area contributed by atoms with Gasteiger partial charge in [0.05, 0.1) is 5.69 Å². The second-order valence-electron chi connectivity index (χ2n) is 4.46. The highest BCUT2D eigenvalue weighted by Gasteiger charge is 2.13. The van der Waals surface area contributed by atoms with E-state index in [9.17, 15) is 4.79 Å². The maximum atomic E-state index is 11.9. The first-order chi connectivity index (χ1) is 9.06. The highest BCUT2D eigenvalue weighted by Crippen LogP contribution is 2.19. The molecule has 1 aromatic carbocycles. The van der Waals surface area contributed by atoms with Gasteiger partial charge in [0.25, 0.3) is 5.91 Å². The van der Waals surface area contributed by atoms with Gasteiger partial charge in [-0.15, -0.1) is 0 Å². The summed E-state index contributed by atoms with van der Waals surface area (Å²) in [5.41, 5.74) is 8.73. The molecule has 1 aromatic heterocycles. The Morgan fingerprint density at radius 1 is 1.42 bits per heavy atom. The summed E-state index contributed by atoms with van der Waals surface area (Å²) in [5.74, 6) is -0.0978. The molecule has 0 saturated carbocycles. The average Bonchev–Trinajstić information content (AvgIpc) is 2.68. The lowest BCUT2D eigenvalue weighted by Gasteiger charge is -2.05. The van der Waals surface area contributed by atoms with Crippen LogP contribution in [0.3, 0.4) is 0 Å². The summed E-state index contributed by atoms with van der Waals surface area (Å²) in [4.78, 5) is 16.6. The van der Waals surface area contributed by atoms with Crippen molar-refractivity contribution in [3.8, 4) is 0 Å². The number of nitrogens with one attached hydrogen (secondary N) is 1. The lowest BCUT2D eigenvalue weighted by atomic mass is 10.1. The Labute approximate surface area is 116 Å². The van der Waals surface area contributed by atoms with E-state index in [0.29, 0.717) is 22.2 Å². The zero-order valence-corrected chi connectivity index (χ0v) is 11.9. The quantitative estimate of drug-likeness (QED) is 0.899. The Kier molecular flexibility index (Phi) is 4.16. The van der Waals surface area contributed by atoms with Crippen LogP contribution in [0.2, 0.25) is 0 Å². The fourth-order valence-corrected chi connectivity index (χ4v) is 2.65. The van der Waals surface area contributed by atoms with E-state index in [2.05, 4.69) is 35.4 Å². The number of carbonyl (C=O) groups is 1. The molecule has 0 atom stereocenters. The first-order valence-corrected chi connectivity index (χ1v) is 6.94. The van der Waals surface area contributed by atoms with E-state index in [1.165, 1.54) is 22.5 Å². The zero-order chi connectivity index (χ0) is 13.8. The standard InChI is InChI=1S/C14H17N3OS/c1-9-4-3-5-11(8-9)6-7-16-13(18)12-10(2)17-14(15)19-12/h3-5,8H,6-7H2,1-2H3,(H2,15,17)(H,16,18). The predicted octanol–water partition coefficient (Wildman–Crippen LogP) is 2.31. The zero-order valence-electron chi connectivity index (χ0n) is 11.1. The van der Waals surface area contributed by atoms with Gasteiger partial charge in [-0.25, -0.2) is 4.98 Å². The van der Waals surface area contributed by atoms with E-state index in [4.69, 9.17) is 5.73 Å². The third-order valence-corrected chi connectivity index (χ3v) is 3.79. The monoisotopic (exact) mass is 275 g/mol. The summed E-state index contributed by atoms with van der Waals surface area (Å²) in [5, 5.41) is 3.33. The Bertz CT molecular complexity index is 592. The summed E-state index contributed by atoms with van der Waals surface area (Å²) in [6.45, 7) is 4.47. The Morgan fingerprint density at radius 3 is 2.84 bits per heavy atom. The van der Waals surface area contributed by atoms with Crippen molar-refractivity contribution in [2.24, 2.45) is 0 Å². The Balaban J connectivity index is 1.89. The van der Waals surface area contributed by atoms with Gasteiger partial charge in [-0.1, -0.05) is 41.2 Å². The minimum absolute atomic E-state index is 0.0978. The molecule has 100 valence electrons. The fraction of sp³-hybridized carbons (Fsp3) is 0.286. The van der Waals surface area contributed by atoms with Crippen LogP contribution in [-0.2, 0) is 6.42 Å². The third-order valence-electron chi connectivity index (χ3n) is 2.80. The molecule has 0 radical (unpaired) electrons. The highest BCUT2D eigenvalue weighted by atomic mass is 32.1. The molecule has 0 spiro atoms. The third kappa shape index (κ3) is 3.54. The van der Waals surface area contributed by atoms with E-state index in [-0.39, 0.29) is 5.91 Å². The number of nitrogens with two attached hydrogens (primary N) is 1. The van der Waals surface area contributed by atoms with Gasteiger partial charge < -0.3 is 11.1 Å². The number of nitrogens with zero attached hydrogens (tertiary/aromatic N) is 1. The molecule has 1 amide bonds. The molecule has 0 aliphatic carbocycles. The minimum Gasteiger partial charge on any atom is -0.375 e. The second kappa shape index (κ2) is 5.84. The largest absolute Gasteiger partial charge is 0.375 e. The molecule has 0 bridgehead atoms. The number of amides is 1. The van der Waals surface area contributed by atoms with Gasteiger partial charge in [0.15, 0.2) is 5.13 Å². The van der Waals surface area contributed by atoms with Crippen LogP contribution in [0.15, 0.2) is 24.3 Å². The summed E-state index contributed by atoms with van der Waals surface area (Å²) < 4.78 is 0. The number of rotatable bonds is 4. The lowest BCUT2D eigenvalue weighted by Crippen LogP contribution is -2.25. The summed E-state index contributed by atoms with van der Waals surface area (Å²) >= 11 is 1.23. The molecular formula is C14H17N3OS. The molecule has 3 N–H and O–H groups in total. The fourth-order valence-electron chi connectivity index (χ4n) is 1.90. The maximum absolute atomic E-state index is 11.9. The van der Waals surface area contributed by atoms with E-state index in [1.807, 2.05) is 6.07 Å². The Morgan fingerprint density at radius 2 is 2.21 bits per heavy atom. The molecule has 0 aliphatic rings. The van der Waals surface area contributed by atoms with Gasteiger partial charge in [0.2, 0.25) is 0 Å². The number of hydrogen-bond acceptors (Lipinski definition) is 4. The van der Waals surface area contributed by atoms with Gasteiger partial charge in [-0.05, 0) is 25.8 Å². The molecule has 4 nitrogen and oxygen atoms in total. The molecule has 1 heterocycles. The van der Waals surface area contributed by atoms with Crippen molar-refractivity contribution < 1.29 is 4.79 Å². The average molecular weight is 275 g/mol. The van der Waals surface area contributed by atoms with Crippen LogP contribution in [0.25, 0.3) is 0 Å². The van der Waals surface area contributed by atoms with E-state index < -0.39 is 0 Å². The first kappa shape index (κ1) is 13.5. The molecule has 0 fully saturated rings. The van der Waals surface area contributed by atoms with Crippen molar-refractivity contribution in [1.29, 1.82) is 0 Å². The van der Waals surface area contributed by atoms with Crippen molar-refractivity contribution in [2.75, 3.05) is 12.3 Å². The number of thiazole rings is 1. The molecular weight excluding hydrogens is 258 g/mol. The molecule has 2 aromatic rings. The van der Waals surface area contributed by atoms with Crippen molar-refractivity contribution >= 4 is 22.4 Å². The van der Waals surface area contributed by atoms with Gasteiger partial charge in [-0.2, -0.15) is 0 Å². The smallest absolute Gasteiger partial charge is 0.263 e. The van der Waals surface area contributed by atoms with Crippen LogP contribution in [0.4, 0.5) is 5.13 Å². The van der Waals surface area contributed by atoms with Gasteiger partial charge in [0.1, 0.15) is 4.88 Å². The molecule has 5 heteroatoms. The maximum Gasteiger partial charge on any atom is 0.263 e. The number of anilines is 1. The van der Waals surface area contributed by atoms with Crippen LogP contribution in [0, 0.1) is 13.8 Å². The SMILES string of the molecule is Cc1cccc(CCNC(=O)c2sc(N)nc2C)c1. The van der Waals surface area contributed by atoms with E-state index in [1.54, 1.807) is 6.92 Å². The van der Waals surface area contributed by atoms with Crippen LogP contribution < -0.4 is 11.1 Å². The Hall–Kier alpha value is -1.88. The molecule has 0 aliphatic heterocycles. The van der Waals surface area contributed by atoms with Crippen molar-refractivity contribution in [3.05, 3.63) is 46.0 Å². The van der Waals surface area contributed by atoms with E-state index in [0.717, 1.165) is 6.42 Å². The highest BCUT2D eigenvalue weighted by molar-refractivity contribution is 7.17. The van der Waals surface area contributed by atoms with Gasteiger partial charge in [0, 0.05) is 6.54 Å². The summed E-state index contributed by atoms with van der Waals surface area (Å²) in [6.07, 6.45) is 0.820. The minimum atomic E-state index is -0.0978. The molecule has 0 unspecified atom stereocenters. The summed E-state index contributed by atoms with van der Waals surface area (Å²) in [7, 11) is 0. The van der Waals surface area contributed by atoms with Crippen LogP contribution in [-0.4, -0.2) is 17.4 Å². The molecule has 2 rings (SSSR count). The second-order valence-corrected chi connectivity index (χ2v) is 5.49. The number of aryl methyl sites for hydroxylation is 2. The predicted molar refractivity (Wildman–Crippen MR) is 78.5 cm³/mol. The van der Waals surface area contributed by atoms with Crippen molar-refractivity contribution in [3.63, 3.8) is 0 Å². The lowest BCUT2D eigenvalue weighted by molar-refractivity contribution is 0.0957. The van der Waals surface area contributed by atoms with Crippen molar-refractivity contribution in [2.45, 2.75) is 20.3 Å². The first-order valence-electron chi connectivity index (χ1n) is 6.13. The van der Waals surface area contributed by atoms with Gasteiger partial charge in [-0.3, -0.25) is 4.79 Å². The van der Waals surface area contributed by atoms with Crippen LogP contribution in [0.1, 0.15) is 26.5 Å². The number of benzene rings is 1. The van der Waals surface area contributed by atoms with Crippen LogP contribution >= 0.6 is 11.3 Å². The van der Waals surface area contributed by atoms with E-state index >= 15 is 0 Å². The summed E-state index contributed by atoms with van der Waals surface area (Å²) in [6, 6.07) is 8.28. The van der Waals surface area contributed by atoms with Crippen molar-refractivity contribution in [1.82, 2.24) is 10.3 Å². The van der Waals surface area contributed by atoms with Gasteiger partial charge >= 0.3 is 0 Å². The molecule has 0 saturated heterocycles. The van der Waals surface area contributed by atoms with Crippen LogP contribution in [0.5, 0.6) is 0 Å².